The van der Waals surface area contributed by atoms with E-state index < -0.39 is 0 Å². The summed E-state index contributed by atoms with van der Waals surface area (Å²) in [5.74, 6) is -0.113. The zero-order chi connectivity index (χ0) is 18.6. The summed E-state index contributed by atoms with van der Waals surface area (Å²) in [4.78, 5) is 13.2. The predicted octanol–water partition coefficient (Wildman–Crippen LogP) is 6.13. The molecular weight excluding hydrogens is 310 g/mol. The highest BCUT2D eigenvalue weighted by molar-refractivity contribution is 5.71. The Labute approximate surface area is 157 Å². The van der Waals surface area contributed by atoms with Crippen molar-refractivity contribution in [2.45, 2.75) is 96.8 Å². The van der Waals surface area contributed by atoms with Crippen molar-refractivity contribution in [3.63, 3.8) is 0 Å². The highest BCUT2D eigenvalue weighted by atomic mass is 16.5. The van der Waals surface area contributed by atoms with E-state index in [0.717, 1.165) is 6.42 Å². The molecule has 0 heterocycles. The van der Waals surface area contributed by atoms with E-state index in [1.165, 1.54) is 83.5 Å². The Balaban J connectivity index is 3.16. The van der Waals surface area contributed by atoms with E-state index in [1.807, 2.05) is 19.0 Å². The van der Waals surface area contributed by atoms with E-state index in [-0.39, 0.29) is 5.97 Å². The number of likely N-dealkylation sites (N-methyl/N-ethyl adjacent to an activating group) is 1. The summed E-state index contributed by atoms with van der Waals surface area (Å²) < 4.78 is 5.18. The van der Waals surface area contributed by atoms with Crippen LogP contribution in [0.1, 0.15) is 96.8 Å². The fourth-order valence-electron chi connectivity index (χ4n) is 2.84. The van der Waals surface area contributed by atoms with Crippen LogP contribution in [0.2, 0.25) is 0 Å². The lowest BCUT2D eigenvalue weighted by Gasteiger charge is -2.09. The zero-order valence-corrected chi connectivity index (χ0v) is 17.2. The molecule has 3 nitrogen and oxygen atoms in total. The van der Waals surface area contributed by atoms with Crippen LogP contribution >= 0.6 is 0 Å². The molecule has 0 aliphatic heterocycles. The second kappa shape index (κ2) is 19.5. The molecule has 0 bridgehead atoms. The number of nitrogens with zero attached hydrogens (tertiary/aromatic N) is 1. The minimum absolute atomic E-state index is 0.113. The maximum Gasteiger partial charge on any atom is 0.320 e. The van der Waals surface area contributed by atoms with Crippen molar-refractivity contribution in [2.24, 2.45) is 0 Å². The van der Waals surface area contributed by atoms with Crippen molar-refractivity contribution >= 4 is 5.97 Å². The largest absolute Gasteiger partial charge is 0.465 e. The third kappa shape index (κ3) is 21.1. The van der Waals surface area contributed by atoms with Gasteiger partial charge in [0.15, 0.2) is 0 Å². The normalized spacial score (nSPS) is 11.5. The van der Waals surface area contributed by atoms with Gasteiger partial charge in [-0.2, -0.15) is 0 Å². The van der Waals surface area contributed by atoms with E-state index in [4.69, 9.17) is 4.74 Å². The van der Waals surface area contributed by atoms with Crippen molar-refractivity contribution < 1.29 is 9.53 Å². The monoisotopic (exact) mass is 353 g/mol. The molecule has 0 fully saturated rings. The smallest absolute Gasteiger partial charge is 0.320 e. The van der Waals surface area contributed by atoms with Crippen LogP contribution in [0.25, 0.3) is 0 Å². The van der Waals surface area contributed by atoms with Crippen LogP contribution in [0.15, 0.2) is 12.2 Å². The van der Waals surface area contributed by atoms with Gasteiger partial charge < -0.3 is 4.74 Å². The van der Waals surface area contributed by atoms with Gasteiger partial charge in [-0.25, -0.2) is 0 Å². The number of hydrogen-bond acceptors (Lipinski definition) is 3. The Hall–Kier alpha value is -0.830. The molecule has 0 amide bonds. The maximum absolute atomic E-state index is 11.3. The summed E-state index contributed by atoms with van der Waals surface area (Å²) in [5.41, 5.74) is 0. The van der Waals surface area contributed by atoms with Crippen molar-refractivity contribution in [2.75, 3.05) is 27.2 Å². The number of esters is 1. The number of carbonyl (C=O) groups is 1. The molecule has 0 aromatic heterocycles. The van der Waals surface area contributed by atoms with Gasteiger partial charge in [0.25, 0.3) is 0 Å². The third-order valence-electron chi connectivity index (χ3n) is 4.36. The van der Waals surface area contributed by atoms with Gasteiger partial charge in [-0.1, -0.05) is 76.9 Å². The second-order valence-corrected chi connectivity index (χ2v) is 7.40. The molecule has 0 saturated heterocycles. The lowest BCUT2D eigenvalue weighted by Crippen LogP contribution is -2.23. The van der Waals surface area contributed by atoms with E-state index in [9.17, 15) is 4.79 Å². The fraction of sp³-hybridized carbons (Fsp3) is 0.864. The molecule has 0 N–H and O–H groups in total. The van der Waals surface area contributed by atoms with E-state index in [2.05, 4.69) is 19.1 Å². The van der Waals surface area contributed by atoms with Crippen molar-refractivity contribution in [1.29, 1.82) is 0 Å². The number of hydrogen-bond donors (Lipinski definition) is 0. The summed E-state index contributed by atoms with van der Waals surface area (Å²) >= 11 is 0. The fourth-order valence-corrected chi connectivity index (χ4v) is 2.84. The molecule has 0 spiro atoms. The molecule has 25 heavy (non-hydrogen) atoms. The molecule has 0 saturated carbocycles. The lowest BCUT2D eigenvalue weighted by atomic mass is 10.1. The highest BCUT2D eigenvalue weighted by Crippen LogP contribution is 2.10. The minimum Gasteiger partial charge on any atom is -0.465 e. The van der Waals surface area contributed by atoms with Crippen LogP contribution in [0.4, 0.5) is 0 Å². The van der Waals surface area contributed by atoms with Gasteiger partial charge in [0, 0.05) is 0 Å². The van der Waals surface area contributed by atoms with Gasteiger partial charge in [-0.3, -0.25) is 9.69 Å². The molecule has 0 aliphatic rings. The highest BCUT2D eigenvalue weighted by Gasteiger charge is 2.03. The van der Waals surface area contributed by atoms with Crippen LogP contribution in [0, 0.1) is 0 Å². The molecule has 3 heteroatoms. The van der Waals surface area contributed by atoms with Crippen LogP contribution in [-0.4, -0.2) is 38.1 Å². The molecule has 0 radical (unpaired) electrons. The van der Waals surface area contributed by atoms with E-state index in [1.54, 1.807) is 0 Å². The van der Waals surface area contributed by atoms with Gasteiger partial charge in [-0.05, 0) is 46.2 Å². The Kier molecular flexibility index (Phi) is 18.8. The first-order valence-electron chi connectivity index (χ1n) is 10.6. The molecular formula is C22H43NO2. The lowest BCUT2D eigenvalue weighted by molar-refractivity contribution is -0.144. The Morgan fingerprint density at radius 2 is 1.24 bits per heavy atom. The average molecular weight is 354 g/mol. The molecule has 0 aromatic carbocycles. The quantitative estimate of drug-likeness (QED) is 0.169. The number of ether oxygens (including phenoxy) is 1. The summed E-state index contributed by atoms with van der Waals surface area (Å²) in [7, 11) is 3.76. The van der Waals surface area contributed by atoms with Crippen LogP contribution in [0.3, 0.4) is 0 Å². The summed E-state index contributed by atoms with van der Waals surface area (Å²) in [6.07, 6.45) is 22.9. The minimum atomic E-state index is -0.113. The van der Waals surface area contributed by atoms with Gasteiger partial charge in [0.1, 0.15) is 0 Å². The Bertz CT molecular complexity index is 313. The van der Waals surface area contributed by atoms with Gasteiger partial charge in [-0.15, -0.1) is 0 Å². The molecule has 0 unspecified atom stereocenters. The summed E-state index contributed by atoms with van der Waals surface area (Å²) in [5, 5.41) is 0. The maximum atomic E-state index is 11.3. The molecule has 0 rings (SSSR count). The predicted molar refractivity (Wildman–Crippen MR) is 109 cm³/mol. The van der Waals surface area contributed by atoms with Gasteiger partial charge >= 0.3 is 5.97 Å². The van der Waals surface area contributed by atoms with Crippen molar-refractivity contribution in [3.8, 4) is 0 Å². The zero-order valence-electron chi connectivity index (χ0n) is 17.2. The summed E-state index contributed by atoms with van der Waals surface area (Å²) in [6, 6.07) is 0. The number of allylic oxidation sites excluding steroid dienone is 2. The first-order valence-corrected chi connectivity index (χ1v) is 10.6. The van der Waals surface area contributed by atoms with E-state index in [0.29, 0.717) is 13.2 Å². The first-order chi connectivity index (χ1) is 12.2. The first kappa shape index (κ1) is 24.2. The second-order valence-electron chi connectivity index (χ2n) is 7.40. The van der Waals surface area contributed by atoms with Crippen LogP contribution in [0.5, 0.6) is 0 Å². The number of carbonyl (C=O) groups excluding carboxylic acids is 1. The van der Waals surface area contributed by atoms with Crippen molar-refractivity contribution in [3.05, 3.63) is 12.2 Å². The Morgan fingerprint density at radius 3 is 1.76 bits per heavy atom. The Morgan fingerprint density at radius 1 is 0.760 bits per heavy atom. The van der Waals surface area contributed by atoms with Gasteiger partial charge in [0.05, 0.1) is 13.2 Å². The number of unbranched alkanes of at least 4 members (excludes halogenated alkanes) is 12. The van der Waals surface area contributed by atoms with Crippen LogP contribution < -0.4 is 0 Å². The van der Waals surface area contributed by atoms with Gasteiger partial charge in [0.2, 0.25) is 0 Å². The van der Waals surface area contributed by atoms with Crippen LogP contribution in [-0.2, 0) is 9.53 Å². The third-order valence-corrected chi connectivity index (χ3v) is 4.36. The molecule has 0 aromatic rings. The topological polar surface area (TPSA) is 29.5 Å². The molecule has 148 valence electrons. The number of rotatable bonds is 18. The standard InChI is InChI=1S/C22H43NO2/c1-4-5-6-7-8-9-10-11-12-13-14-15-16-17-18-19-20-25-22(24)21-23(2)3/h11-12H,4-10,13-21H2,1-3H3/b12-11-. The SMILES string of the molecule is CCCCCCCC/C=C\CCCCCCCCOC(=O)CN(C)C. The average Bonchev–Trinajstić information content (AvgIpc) is 2.57. The summed E-state index contributed by atoms with van der Waals surface area (Å²) in [6.45, 7) is 3.23. The van der Waals surface area contributed by atoms with E-state index >= 15 is 0 Å². The molecule has 0 aliphatic carbocycles. The van der Waals surface area contributed by atoms with Crippen molar-refractivity contribution in [1.82, 2.24) is 4.90 Å². The molecule has 0 atom stereocenters.